The van der Waals surface area contributed by atoms with E-state index in [1.54, 1.807) is 25.3 Å². The molecule has 0 spiro atoms. The van der Waals surface area contributed by atoms with Crippen LogP contribution < -0.4 is 24.7 Å². The van der Waals surface area contributed by atoms with Crippen molar-refractivity contribution in [2.75, 3.05) is 34.2 Å². The molecule has 0 aliphatic carbocycles. The van der Waals surface area contributed by atoms with E-state index in [-0.39, 0.29) is 28.5 Å². The van der Waals surface area contributed by atoms with Gasteiger partial charge in [0.1, 0.15) is 11.4 Å². The summed E-state index contributed by atoms with van der Waals surface area (Å²) >= 11 is 0. The minimum Gasteiger partial charge on any atom is -0.497 e. The van der Waals surface area contributed by atoms with Crippen LogP contribution in [0.1, 0.15) is 16.1 Å². The van der Waals surface area contributed by atoms with Gasteiger partial charge in [-0.05, 0) is 18.2 Å². The van der Waals surface area contributed by atoms with E-state index < -0.39 is 0 Å². The Morgan fingerprint density at radius 2 is 1.73 bits per heavy atom. The molecule has 0 amide bonds. The second-order valence-electron chi connectivity index (χ2n) is 5.42. The van der Waals surface area contributed by atoms with E-state index in [2.05, 4.69) is 10.2 Å². The van der Waals surface area contributed by atoms with Gasteiger partial charge in [0.15, 0.2) is 11.5 Å². The van der Waals surface area contributed by atoms with Crippen LogP contribution in [0.15, 0.2) is 24.3 Å². The van der Waals surface area contributed by atoms with Crippen molar-refractivity contribution < 1.29 is 23.7 Å². The van der Waals surface area contributed by atoms with Crippen LogP contribution in [0.4, 0.5) is 5.69 Å². The normalized spacial score (nSPS) is 10.6. The van der Waals surface area contributed by atoms with Gasteiger partial charge in [-0.2, -0.15) is 5.10 Å². The lowest BCUT2D eigenvalue weighted by Crippen LogP contribution is -2.09. The third-order valence-electron chi connectivity index (χ3n) is 4.10. The Hall–Kier alpha value is -3.42. The van der Waals surface area contributed by atoms with E-state index in [4.69, 9.17) is 24.7 Å². The number of aromatic amines is 1. The zero-order valence-corrected chi connectivity index (χ0v) is 14.9. The SMILES string of the molecule is COc1ccc2c(C(=O)c3cc(OC)c(OC)c(OC)c3N)n[nH]c2c1. The number of nitrogens with one attached hydrogen (secondary N) is 1. The molecule has 0 saturated carbocycles. The van der Waals surface area contributed by atoms with Gasteiger partial charge in [0.25, 0.3) is 0 Å². The monoisotopic (exact) mass is 357 g/mol. The summed E-state index contributed by atoms with van der Waals surface area (Å²) in [5.74, 6) is 1.19. The Balaban J connectivity index is 2.16. The number of nitrogen functional groups attached to an aromatic ring is 1. The molecule has 0 saturated heterocycles. The summed E-state index contributed by atoms with van der Waals surface area (Å²) in [6, 6.07) is 6.80. The number of carbonyl (C=O) groups excluding carboxylic acids is 1. The number of carbonyl (C=O) groups is 1. The number of H-pyrrole nitrogens is 1. The number of rotatable bonds is 6. The van der Waals surface area contributed by atoms with Crippen LogP contribution in [0.5, 0.6) is 23.0 Å². The molecule has 1 aromatic heterocycles. The fourth-order valence-electron chi connectivity index (χ4n) is 2.79. The molecule has 8 nitrogen and oxygen atoms in total. The van der Waals surface area contributed by atoms with Gasteiger partial charge in [-0.1, -0.05) is 0 Å². The van der Waals surface area contributed by atoms with Crippen LogP contribution in [0.3, 0.4) is 0 Å². The third kappa shape index (κ3) is 2.65. The summed E-state index contributed by atoms with van der Waals surface area (Å²) in [5, 5.41) is 7.63. The van der Waals surface area contributed by atoms with E-state index in [1.807, 2.05) is 0 Å². The number of nitrogens with two attached hydrogens (primary N) is 1. The number of methoxy groups -OCH3 is 4. The summed E-state index contributed by atoms with van der Waals surface area (Å²) < 4.78 is 21.1. The first-order valence-electron chi connectivity index (χ1n) is 7.70. The lowest BCUT2D eigenvalue weighted by Gasteiger charge is -2.16. The van der Waals surface area contributed by atoms with Gasteiger partial charge in [0.2, 0.25) is 11.5 Å². The van der Waals surface area contributed by atoms with Crippen molar-refractivity contribution >= 4 is 22.4 Å². The molecule has 2 aromatic carbocycles. The van der Waals surface area contributed by atoms with Crippen LogP contribution in [0.2, 0.25) is 0 Å². The summed E-state index contributed by atoms with van der Waals surface area (Å²) in [5.41, 5.74) is 7.43. The number of hydrogen-bond acceptors (Lipinski definition) is 7. The predicted molar refractivity (Wildman–Crippen MR) is 96.6 cm³/mol. The molecule has 26 heavy (non-hydrogen) atoms. The third-order valence-corrected chi connectivity index (χ3v) is 4.10. The van der Waals surface area contributed by atoms with Crippen molar-refractivity contribution in [2.24, 2.45) is 0 Å². The van der Waals surface area contributed by atoms with E-state index in [9.17, 15) is 4.79 Å². The number of fused-ring (bicyclic) bond motifs is 1. The highest BCUT2D eigenvalue weighted by Gasteiger charge is 2.25. The predicted octanol–water partition coefficient (Wildman–Crippen LogP) is 2.41. The highest BCUT2D eigenvalue weighted by Crippen LogP contribution is 2.44. The molecule has 8 heteroatoms. The molecule has 0 bridgehead atoms. The maximum atomic E-state index is 13.1. The second-order valence-corrected chi connectivity index (χ2v) is 5.42. The molecule has 3 N–H and O–H groups in total. The van der Waals surface area contributed by atoms with E-state index in [1.165, 1.54) is 27.4 Å². The van der Waals surface area contributed by atoms with Crippen molar-refractivity contribution in [2.45, 2.75) is 0 Å². The van der Waals surface area contributed by atoms with Crippen molar-refractivity contribution in [1.29, 1.82) is 0 Å². The molecule has 0 atom stereocenters. The first kappa shape index (κ1) is 17.4. The van der Waals surface area contributed by atoms with Crippen molar-refractivity contribution in [3.05, 3.63) is 35.5 Å². The molecule has 0 radical (unpaired) electrons. The molecule has 1 heterocycles. The molecule has 0 aliphatic rings. The van der Waals surface area contributed by atoms with Gasteiger partial charge in [0.05, 0.1) is 45.2 Å². The number of hydrogen-bond donors (Lipinski definition) is 2. The Kier molecular flexibility index (Phi) is 4.57. The van der Waals surface area contributed by atoms with Gasteiger partial charge < -0.3 is 24.7 Å². The van der Waals surface area contributed by atoms with Crippen molar-refractivity contribution in [3.63, 3.8) is 0 Å². The van der Waals surface area contributed by atoms with Crippen molar-refractivity contribution in [3.8, 4) is 23.0 Å². The molecule has 0 fully saturated rings. The second kappa shape index (κ2) is 6.83. The van der Waals surface area contributed by atoms with Crippen LogP contribution in [0.25, 0.3) is 10.9 Å². The Morgan fingerprint density at radius 3 is 2.35 bits per heavy atom. The Morgan fingerprint density at radius 1 is 1.00 bits per heavy atom. The van der Waals surface area contributed by atoms with Gasteiger partial charge in [0, 0.05) is 11.5 Å². The minimum absolute atomic E-state index is 0.153. The molecule has 0 aliphatic heterocycles. The van der Waals surface area contributed by atoms with Gasteiger partial charge >= 0.3 is 0 Å². The first-order valence-corrected chi connectivity index (χ1v) is 7.70. The minimum atomic E-state index is -0.363. The highest BCUT2D eigenvalue weighted by molar-refractivity contribution is 6.18. The van der Waals surface area contributed by atoms with Gasteiger partial charge in [-0.15, -0.1) is 0 Å². The first-order chi connectivity index (χ1) is 12.5. The lowest BCUT2D eigenvalue weighted by atomic mass is 10.0. The van der Waals surface area contributed by atoms with Crippen LogP contribution in [0, 0.1) is 0 Å². The average Bonchev–Trinajstić information content (AvgIpc) is 3.09. The molecule has 136 valence electrons. The standard InChI is InChI=1S/C18H19N3O5/c1-23-9-5-6-10-12(7-9)20-21-15(10)16(22)11-8-13(24-2)17(25-3)18(26-4)14(11)19/h5-8H,19H2,1-4H3,(H,20,21). The van der Waals surface area contributed by atoms with Crippen molar-refractivity contribution in [1.82, 2.24) is 10.2 Å². The number of nitrogens with zero attached hydrogens (tertiary/aromatic N) is 1. The number of ether oxygens (including phenoxy) is 4. The largest absolute Gasteiger partial charge is 0.497 e. The zero-order chi connectivity index (χ0) is 18.8. The quantitative estimate of drug-likeness (QED) is 0.515. The summed E-state index contributed by atoms with van der Waals surface area (Å²) in [6.45, 7) is 0. The van der Waals surface area contributed by atoms with E-state index in [0.29, 0.717) is 28.2 Å². The number of aromatic nitrogens is 2. The molecule has 0 unspecified atom stereocenters. The average molecular weight is 357 g/mol. The topological polar surface area (TPSA) is 109 Å². The maximum Gasteiger partial charge on any atom is 0.216 e. The Bertz CT molecular complexity index is 981. The van der Waals surface area contributed by atoms with E-state index in [0.717, 1.165) is 0 Å². The number of anilines is 1. The molecule has 3 aromatic rings. The maximum absolute atomic E-state index is 13.1. The number of benzene rings is 2. The Labute approximate surface area is 149 Å². The summed E-state index contributed by atoms with van der Waals surface area (Å²) in [7, 11) is 5.95. The molecular weight excluding hydrogens is 338 g/mol. The summed E-state index contributed by atoms with van der Waals surface area (Å²) in [6.07, 6.45) is 0. The van der Waals surface area contributed by atoms with Crippen LogP contribution in [-0.4, -0.2) is 44.4 Å². The summed E-state index contributed by atoms with van der Waals surface area (Å²) in [4.78, 5) is 13.1. The lowest BCUT2D eigenvalue weighted by molar-refractivity contribution is 0.103. The van der Waals surface area contributed by atoms with Crippen LogP contribution >= 0.6 is 0 Å². The fraction of sp³-hybridized carbons (Fsp3) is 0.222. The van der Waals surface area contributed by atoms with Crippen LogP contribution in [-0.2, 0) is 0 Å². The van der Waals surface area contributed by atoms with Gasteiger partial charge in [-0.3, -0.25) is 9.89 Å². The molecule has 3 rings (SSSR count). The molecular formula is C18H19N3O5. The smallest absolute Gasteiger partial charge is 0.216 e. The van der Waals surface area contributed by atoms with E-state index >= 15 is 0 Å². The zero-order valence-electron chi connectivity index (χ0n) is 14.9. The fourth-order valence-corrected chi connectivity index (χ4v) is 2.79. The van der Waals surface area contributed by atoms with Gasteiger partial charge in [-0.25, -0.2) is 0 Å². The highest BCUT2D eigenvalue weighted by atomic mass is 16.5. The number of ketones is 1.